The minimum absolute atomic E-state index is 0.429. The summed E-state index contributed by atoms with van der Waals surface area (Å²) in [6, 6.07) is 7.63. The zero-order valence-corrected chi connectivity index (χ0v) is 14.0. The Hall–Kier alpha value is -2.80. The minimum Gasteiger partial charge on any atom is -0.463 e. The minimum atomic E-state index is 0.429. The van der Waals surface area contributed by atoms with Crippen LogP contribution >= 0.6 is 11.8 Å². The van der Waals surface area contributed by atoms with E-state index < -0.39 is 0 Å². The quantitative estimate of drug-likeness (QED) is 0.454. The van der Waals surface area contributed by atoms with Crippen molar-refractivity contribution in [2.24, 2.45) is 0 Å². The average molecular weight is 337 g/mol. The highest BCUT2D eigenvalue weighted by molar-refractivity contribution is 7.98. The van der Waals surface area contributed by atoms with Crippen molar-refractivity contribution in [3.8, 4) is 22.6 Å². The number of nitrogens with zero attached hydrogens (tertiary/aromatic N) is 4. The number of hydrogen-bond donors (Lipinski definition) is 1. The van der Waals surface area contributed by atoms with E-state index in [1.165, 1.54) is 11.8 Å². The molecule has 4 rings (SSSR count). The lowest BCUT2D eigenvalue weighted by atomic mass is 10.0. The van der Waals surface area contributed by atoms with Gasteiger partial charge in [-0.1, -0.05) is 11.8 Å². The van der Waals surface area contributed by atoms with Crippen LogP contribution in [0.1, 0.15) is 5.69 Å². The van der Waals surface area contributed by atoms with E-state index in [0.717, 1.165) is 22.5 Å². The monoisotopic (exact) mass is 337 g/mol. The third-order valence-electron chi connectivity index (χ3n) is 3.83. The molecule has 0 aromatic carbocycles. The number of furan rings is 1. The number of aryl methyl sites for hydroxylation is 1. The molecule has 0 aliphatic heterocycles. The number of fused-ring (bicyclic) bond motifs is 1. The molecule has 120 valence electrons. The molecule has 6 nitrogen and oxygen atoms in total. The summed E-state index contributed by atoms with van der Waals surface area (Å²) in [5.41, 5.74) is 10.6. The van der Waals surface area contributed by atoms with Crippen molar-refractivity contribution in [1.29, 1.82) is 0 Å². The number of nitrogens with two attached hydrogens (primary N) is 1. The Kier molecular flexibility index (Phi) is 3.50. The maximum absolute atomic E-state index is 6.26. The van der Waals surface area contributed by atoms with Gasteiger partial charge in [-0.2, -0.15) is 0 Å². The number of anilines is 1. The molecule has 24 heavy (non-hydrogen) atoms. The van der Waals surface area contributed by atoms with Crippen LogP contribution in [-0.4, -0.2) is 25.6 Å². The first kappa shape index (κ1) is 14.8. The maximum atomic E-state index is 6.26. The van der Waals surface area contributed by atoms with Gasteiger partial charge in [0.25, 0.3) is 0 Å². The van der Waals surface area contributed by atoms with Crippen LogP contribution in [0.3, 0.4) is 0 Å². The highest BCUT2D eigenvalue weighted by Gasteiger charge is 2.18. The van der Waals surface area contributed by atoms with E-state index in [0.29, 0.717) is 22.4 Å². The van der Waals surface area contributed by atoms with Crippen LogP contribution < -0.4 is 5.73 Å². The van der Waals surface area contributed by atoms with Crippen LogP contribution in [-0.2, 0) is 0 Å². The fraction of sp³-hybridized carbons (Fsp3) is 0.118. The van der Waals surface area contributed by atoms with E-state index in [1.807, 2.05) is 54.2 Å². The van der Waals surface area contributed by atoms with Crippen LogP contribution in [0.25, 0.3) is 28.2 Å². The Bertz CT molecular complexity index is 1020. The lowest BCUT2D eigenvalue weighted by molar-refractivity contribution is 0.579. The fourth-order valence-electron chi connectivity index (χ4n) is 2.67. The van der Waals surface area contributed by atoms with Crippen molar-refractivity contribution < 1.29 is 4.42 Å². The molecule has 0 radical (unpaired) electrons. The Labute approximate surface area is 142 Å². The number of rotatable bonds is 3. The fourth-order valence-corrected chi connectivity index (χ4v) is 3.05. The molecule has 4 aromatic heterocycles. The number of thioether (sulfide) groups is 1. The van der Waals surface area contributed by atoms with Crippen molar-refractivity contribution >= 4 is 23.2 Å². The maximum Gasteiger partial charge on any atom is 0.189 e. The summed E-state index contributed by atoms with van der Waals surface area (Å²) in [5, 5.41) is 0.613. The molecular weight excluding hydrogens is 322 g/mol. The molecule has 0 saturated heterocycles. The number of aromatic nitrogens is 4. The zero-order valence-electron chi connectivity index (χ0n) is 13.2. The van der Waals surface area contributed by atoms with Gasteiger partial charge in [-0.3, -0.25) is 0 Å². The molecule has 0 amide bonds. The van der Waals surface area contributed by atoms with Crippen LogP contribution in [0.5, 0.6) is 0 Å². The second-order valence-corrected chi connectivity index (χ2v) is 6.12. The Morgan fingerprint density at radius 1 is 1.21 bits per heavy atom. The largest absolute Gasteiger partial charge is 0.463 e. The second-order valence-electron chi connectivity index (χ2n) is 5.34. The van der Waals surface area contributed by atoms with Crippen molar-refractivity contribution in [1.82, 2.24) is 19.4 Å². The second kappa shape index (κ2) is 5.68. The van der Waals surface area contributed by atoms with Gasteiger partial charge < -0.3 is 14.6 Å². The van der Waals surface area contributed by atoms with Crippen molar-refractivity contribution in [2.75, 3.05) is 12.0 Å². The van der Waals surface area contributed by atoms with Gasteiger partial charge in [-0.05, 0) is 37.4 Å². The van der Waals surface area contributed by atoms with Crippen LogP contribution in [0.4, 0.5) is 5.82 Å². The molecule has 0 unspecified atom stereocenters. The first-order valence-electron chi connectivity index (χ1n) is 7.37. The summed E-state index contributed by atoms with van der Waals surface area (Å²) in [7, 11) is 0. The van der Waals surface area contributed by atoms with E-state index in [-0.39, 0.29) is 0 Å². The Balaban J connectivity index is 2.00. The van der Waals surface area contributed by atoms with E-state index in [1.54, 1.807) is 6.26 Å². The molecule has 0 spiro atoms. The van der Waals surface area contributed by atoms with E-state index in [2.05, 4.69) is 15.0 Å². The van der Waals surface area contributed by atoms with E-state index in [9.17, 15) is 0 Å². The Morgan fingerprint density at radius 3 is 2.83 bits per heavy atom. The molecule has 4 aromatic rings. The smallest absolute Gasteiger partial charge is 0.189 e. The first-order chi connectivity index (χ1) is 11.7. The average Bonchev–Trinajstić information content (AvgIpc) is 3.24. The highest BCUT2D eigenvalue weighted by atomic mass is 32.2. The number of hydrogen-bond acceptors (Lipinski definition) is 6. The highest BCUT2D eigenvalue weighted by Crippen LogP contribution is 2.36. The normalized spacial score (nSPS) is 11.2. The van der Waals surface area contributed by atoms with Gasteiger partial charge >= 0.3 is 0 Å². The van der Waals surface area contributed by atoms with Crippen molar-refractivity contribution in [2.45, 2.75) is 12.1 Å². The summed E-state index contributed by atoms with van der Waals surface area (Å²) >= 11 is 1.45. The van der Waals surface area contributed by atoms with Gasteiger partial charge in [0.1, 0.15) is 17.2 Å². The molecule has 0 aliphatic rings. The van der Waals surface area contributed by atoms with Crippen molar-refractivity contribution in [3.63, 3.8) is 0 Å². The summed E-state index contributed by atoms with van der Waals surface area (Å²) in [6.07, 6.45) is 7.38. The molecule has 7 heteroatoms. The lowest BCUT2D eigenvalue weighted by Gasteiger charge is -2.12. The number of imidazole rings is 1. The topological polar surface area (TPSA) is 82.2 Å². The van der Waals surface area contributed by atoms with Crippen molar-refractivity contribution in [3.05, 3.63) is 48.6 Å². The molecule has 2 N–H and O–H groups in total. The molecular formula is C17H15N5OS. The first-order valence-corrected chi connectivity index (χ1v) is 8.59. The third kappa shape index (κ3) is 2.33. The van der Waals surface area contributed by atoms with Crippen LogP contribution in [0, 0.1) is 6.92 Å². The molecule has 0 atom stereocenters. The van der Waals surface area contributed by atoms with E-state index in [4.69, 9.17) is 10.2 Å². The molecule has 4 heterocycles. The summed E-state index contributed by atoms with van der Waals surface area (Å²) < 4.78 is 7.58. The van der Waals surface area contributed by atoms with E-state index >= 15 is 0 Å². The SMILES string of the molecule is CSc1nc(N)c(-c2ccc3ncc(C)n3c2)c(-c2ccco2)n1. The molecule has 0 bridgehead atoms. The molecule has 0 saturated carbocycles. The van der Waals surface area contributed by atoms with Gasteiger partial charge in [0.15, 0.2) is 10.9 Å². The van der Waals surface area contributed by atoms with Crippen LogP contribution in [0.15, 0.2) is 52.5 Å². The molecule has 0 fully saturated rings. The standard InChI is InChI=1S/C17H15N5OS/c1-10-8-19-13-6-5-11(9-22(10)13)14-15(12-4-3-7-23-12)20-17(24-2)21-16(14)18/h3-9H,1-2H3,(H2,18,20,21). The van der Waals surface area contributed by atoms with Gasteiger partial charge in [-0.25, -0.2) is 15.0 Å². The van der Waals surface area contributed by atoms with Gasteiger partial charge in [0.2, 0.25) is 0 Å². The molecule has 0 aliphatic carbocycles. The summed E-state index contributed by atoms with van der Waals surface area (Å²) in [5.74, 6) is 1.09. The number of nitrogen functional groups attached to an aromatic ring is 1. The predicted octanol–water partition coefficient (Wildman–Crippen LogP) is 3.66. The summed E-state index contributed by atoms with van der Waals surface area (Å²) in [4.78, 5) is 13.4. The third-order valence-corrected chi connectivity index (χ3v) is 4.38. The predicted molar refractivity (Wildman–Crippen MR) is 94.9 cm³/mol. The summed E-state index contributed by atoms with van der Waals surface area (Å²) in [6.45, 7) is 2.01. The Morgan fingerprint density at radius 2 is 2.08 bits per heavy atom. The van der Waals surface area contributed by atoms with Gasteiger partial charge in [0.05, 0.1) is 11.8 Å². The lowest BCUT2D eigenvalue weighted by Crippen LogP contribution is -2.02. The van der Waals surface area contributed by atoms with Crippen LogP contribution in [0.2, 0.25) is 0 Å². The number of pyridine rings is 1. The van der Waals surface area contributed by atoms with Gasteiger partial charge in [0, 0.05) is 23.7 Å². The van der Waals surface area contributed by atoms with Gasteiger partial charge in [-0.15, -0.1) is 0 Å². The zero-order chi connectivity index (χ0) is 16.7.